The summed E-state index contributed by atoms with van der Waals surface area (Å²) in [6, 6.07) is 3.96. The van der Waals surface area contributed by atoms with Crippen molar-refractivity contribution in [1.82, 2.24) is 4.90 Å². The van der Waals surface area contributed by atoms with Gasteiger partial charge in [-0.2, -0.15) is 0 Å². The second-order valence-corrected chi connectivity index (χ2v) is 4.28. The number of nitrogens with zero attached hydrogens (tertiary/aromatic N) is 1. The highest BCUT2D eigenvalue weighted by atomic mass is 16.7. The van der Waals surface area contributed by atoms with E-state index in [1.54, 1.807) is 0 Å². The van der Waals surface area contributed by atoms with E-state index in [1.807, 2.05) is 12.1 Å². The summed E-state index contributed by atoms with van der Waals surface area (Å²) in [5.74, 6) is 1.80. The van der Waals surface area contributed by atoms with E-state index >= 15 is 0 Å². The maximum absolute atomic E-state index is 5.68. The Kier molecular flexibility index (Phi) is 3.98. The lowest BCUT2D eigenvalue weighted by molar-refractivity contribution is -0.0594. The zero-order valence-electron chi connectivity index (χ0n) is 9.94. The summed E-state index contributed by atoms with van der Waals surface area (Å²) in [6.45, 7) is 2.38. The number of aryl methyl sites for hydroxylation is 1. The molecule has 0 N–H and O–H groups in total. The first-order chi connectivity index (χ1) is 7.75. The molecule has 1 aliphatic heterocycles. The van der Waals surface area contributed by atoms with Gasteiger partial charge in [0.15, 0.2) is 5.76 Å². The molecule has 2 rings (SSSR count). The van der Waals surface area contributed by atoms with Crippen LogP contribution in [0.15, 0.2) is 16.5 Å². The monoisotopic (exact) mass is 225 g/mol. The Labute approximate surface area is 96.1 Å². The Hall–Kier alpha value is -0.840. The molecule has 4 heteroatoms. The van der Waals surface area contributed by atoms with E-state index in [0.29, 0.717) is 13.2 Å². The fourth-order valence-corrected chi connectivity index (χ4v) is 1.75. The Morgan fingerprint density at radius 2 is 2.00 bits per heavy atom. The fourth-order valence-electron chi connectivity index (χ4n) is 1.75. The third-order valence-corrected chi connectivity index (χ3v) is 2.57. The van der Waals surface area contributed by atoms with Crippen LogP contribution >= 0.6 is 0 Å². The third kappa shape index (κ3) is 3.07. The van der Waals surface area contributed by atoms with Crippen molar-refractivity contribution in [2.45, 2.75) is 19.1 Å². The summed E-state index contributed by atoms with van der Waals surface area (Å²) in [4.78, 5) is 2.17. The van der Waals surface area contributed by atoms with Crippen molar-refractivity contribution in [3.63, 3.8) is 0 Å². The number of ether oxygens (including phenoxy) is 2. The molecule has 1 aromatic heterocycles. The van der Waals surface area contributed by atoms with Crippen LogP contribution in [-0.4, -0.2) is 38.8 Å². The van der Waals surface area contributed by atoms with Crippen LogP contribution in [0, 0.1) is 0 Å². The average molecular weight is 225 g/mol. The summed E-state index contributed by atoms with van der Waals surface area (Å²) in [5, 5.41) is 0. The molecule has 1 aromatic rings. The lowest BCUT2D eigenvalue weighted by atomic mass is 10.2. The molecule has 16 heavy (non-hydrogen) atoms. The van der Waals surface area contributed by atoms with Gasteiger partial charge in [0.05, 0.1) is 13.2 Å². The van der Waals surface area contributed by atoms with Crippen molar-refractivity contribution in [1.29, 1.82) is 0 Å². The standard InChI is InChI=1S/C12H19NO3/c1-13(2)7-3-4-10-5-6-11(16-10)12-14-8-9-15-12/h5-6,12H,3-4,7-9H2,1-2H3. The largest absolute Gasteiger partial charge is 0.461 e. The van der Waals surface area contributed by atoms with Gasteiger partial charge in [0.1, 0.15) is 5.76 Å². The van der Waals surface area contributed by atoms with Crippen molar-refractivity contribution in [3.05, 3.63) is 23.7 Å². The summed E-state index contributed by atoms with van der Waals surface area (Å²) >= 11 is 0. The first-order valence-corrected chi connectivity index (χ1v) is 5.72. The van der Waals surface area contributed by atoms with E-state index in [0.717, 1.165) is 30.9 Å². The molecular weight excluding hydrogens is 206 g/mol. The molecule has 2 heterocycles. The van der Waals surface area contributed by atoms with Crippen LogP contribution in [0.1, 0.15) is 24.2 Å². The molecule has 0 saturated carbocycles. The van der Waals surface area contributed by atoms with E-state index in [2.05, 4.69) is 19.0 Å². The van der Waals surface area contributed by atoms with Gasteiger partial charge in [-0.05, 0) is 39.2 Å². The summed E-state index contributed by atoms with van der Waals surface area (Å²) in [6.07, 6.45) is 1.78. The van der Waals surface area contributed by atoms with Gasteiger partial charge in [0.2, 0.25) is 6.29 Å². The van der Waals surface area contributed by atoms with Gasteiger partial charge in [0.25, 0.3) is 0 Å². The Morgan fingerprint density at radius 3 is 2.69 bits per heavy atom. The molecule has 1 fully saturated rings. The molecule has 0 unspecified atom stereocenters. The van der Waals surface area contributed by atoms with Crippen LogP contribution in [0.4, 0.5) is 0 Å². The maximum Gasteiger partial charge on any atom is 0.217 e. The molecule has 4 nitrogen and oxygen atoms in total. The second kappa shape index (κ2) is 5.48. The van der Waals surface area contributed by atoms with Crippen LogP contribution in [0.5, 0.6) is 0 Å². The van der Waals surface area contributed by atoms with E-state index in [9.17, 15) is 0 Å². The van der Waals surface area contributed by atoms with Crippen LogP contribution in [0.2, 0.25) is 0 Å². The molecule has 0 aromatic carbocycles. The normalized spacial score (nSPS) is 17.4. The third-order valence-electron chi connectivity index (χ3n) is 2.57. The van der Waals surface area contributed by atoms with E-state index in [1.165, 1.54) is 0 Å². The molecule has 0 bridgehead atoms. The fraction of sp³-hybridized carbons (Fsp3) is 0.667. The Morgan fingerprint density at radius 1 is 1.25 bits per heavy atom. The van der Waals surface area contributed by atoms with Crippen molar-refractivity contribution in [2.75, 3.05) is 33.9 Å². The number of rotatable bonds is 5. The molecule has 0 radical (unpaired) electrons. The number of furan rings is 1. The molecular formula is C12H19NO3. The van der Waals surface area contributed by atoms with Gasteiger partial charge in [-0.1, -0.05) is 0 Å². The lowest BCUT2D eigenvalue weighted by Gasteiger charge is -2.07. The second-order valence-electron chi connectivity index (χ2n) is 4.28. The molecule has 0 aliphatic carbocycles. The van der Waals surface area contributed by atoms with Crippen molar-refractivity contribution < 1.29 is 13.9 Å². The first-order valence-electron chi connectivity index (χ1n) is 5.72. The van der Waals surface area contributed by atoms with Gasteiger partial charge in [0, 0.05) is 6.42 Å². The van der Waals surface area contributed by atoms with E-state index in [-0.39, 0.29) is 6.29 Å². The number of hydrogen-bond donors (Lipinski definition) is 0. The predicted molar refractivity (Wildman–Crippen MR) is 60.2 cm³/mol. The molecule has 0 amide bonds. The smallest absolute Gasteiger partial charge is 0.217 e. The van der Waals surface area contributed by atoms with Crippen LogP contribution < -0.4 is 0 Å². The first kappa shape index (κ1) is 11.6. The minimum Gasteiger partial charge on any atom is -0.461 e. The molecule has 1 saturated heterocycles. The summed E-state index contributed by atoms with van der Waals surface area (Å²) in [5.41, 5.74) is 0. The van der Waals surface area contributed by atoms with Crippen LogP contribution in [-0.2, 0) is 15.9 Å². The molecule has 90 valence electrons. The predicted octanol–water partition coefficient (Wildman–Crippen LogP) is 1.82. The zero-order valence-corrected chi connectivity index (χ0v) is 9.94. The molecule has 1 aliphatic rings. The van der Waals surface area contributed by atoms with E-state index < -0.39 is 0 Å². The van der Waals surface area contributed by atoms with Gasteiger partial charge < -0.3 is 18.8 Å². The topological polar surface area (TPSA) is 34.8 Å². The molecule has 0 atom stereocenters. The highest BCUT2D eigenvalue weighted by molar-refractivity contribution is 5.08. The number of hydrogen-bond acceptors (Lipinski definition) is 4. The highest BCUT2D eigenvalue weighted by Crippen LogP contribution is 2.25. The Bertz CT molecular complexity index is 316. The lowest BCUT2D eigenvalue weighted by Crippen LogP contribution is -2.13. The van der Waals surface area contributed by atoms with Crippen molar-refractivity contribution >= 4 is 0 Å². The van der Waals surface area contributed by atoms with Crippen molar-refractivity contribution in [2.24, 2.45) is 0 Å². The minimum absolute atomic E-state index is 0.289. The van der Waals surface area contributed by atoms with E-state index in [4.69, 9.17) is 13.9 Å². The van der Waals surface area contributed by atoms with Crippen molar-refractivity contribution in [3.8, 4) is 0 Å². The quantitative estimate of drug-likeness (QED) is 0.765. The average Bonchev–Trinajstić information content (AvgIpc) is 2.85. The Balaban J connectivity index is 1.82. The molecule has 0 spiro atoms. The SMILES string of the molecule is CN(C)CCCc1ccc(C2OCCO2)o1. The highest BCUT2D eigenvalue weighted by Gasteiger charge is 2.21. The van der Waals surface area contributed by atoms with Gasteiger partial charge in [-0.15, -0.1) is 0 Å². The summed E-state index contributed by atoms with van der Waals surface area (Å²) < 4.78 is 16.4. The van der Waals surface area contributed by atoms with Gasteiger partial charge in [-0.25, -0.2) is 0 Å². The van der Waals surface area contributed by atoms with Crippen LogP contribution in [0.25, 0.3) is 0 Å². The van der Waals surface area contributed by atoms with Gasteiger partial charge in [-0.3, -0.25) is 0 Å². The van der Waals surface area contributed by atoms with Crippen LogP contribution in [0.3, 0.4) is 0 Å². The zero-order chi connectivity index (χ0) is 11.4. The minimum atomic E-state index is -0.289. The van der Waals surface area contributed by atoms with Gasteiger partial charge >= 0.3 is 0 Å². The summed E-state index contributed by atoms with van der Waals surface area (Å²) in [7, 11) is 4.15. The maximum atomic E-state index is 5.68.